The Labute approximate surface area is 104 Å². The summed E-state index contributed by atoms with van der Waals surface area (Å²) in [6, 6.07) is -0.132. The van der Waals surface area contributed by atoms with Crippen molar-refractivity contribution >= 4 is 17.7 Å². The van der Waals surface area contributed by atoms with Gasteiger partial charge in [0.1, 0.15) is 0 Å². The zero-order chi connectivity index (χ0) is 12.6. The molecule has 96 valence electrons. The number of hydrogen-bond donors (Lipinski definition) is 2. The largest absolute Gasteiger partial charge is 0.352 e. The molecule has 0 radical (unpaired) electrons. The van der Waals surface area contributed by atoms with Crippen molar-refractivity contribution < 1.29 is 4.79 Å². The lowest BCUT2D eigenvalue weighted by Gasteiger charge is -2.24. The summed E-state index contributed by atoms with van der Waals surface area (Å²) >= 11 is 1.72. The van der Waals surface area contributed by atoms with Crippen LogP contribution in [0.4, 0.5) is 0 Å². The Morgan fingerprint density at radius 2 is 1.94 bits per heavy atom. The Bertz CT molecular complexity index is 195. The molecular weight excluding hydrogens is 220 g/mol. The van der Waals surface area contributed by atoms with Crippen LogP contribution in [-0.4, -0.2) is 30.0 Å². The second-order valence-electron chi connectivity index (χ2n) is 4.26. The molecule has 0 fully saturated rings. The van der Waals surface area contributed by atoms with Crippen LogP contribution in [0, 0.1) is 5.92 Å². The van der Waals surface area contributed by atoms with Gasteiger partial charge in [-0.15, -0.1) is 0 Å². The first kappa shape index (κ1) is 15.8. The van der Waals surface area contributed by atoms with Crippen molar-refractivity contribution in [1.82, 2.24) is 5.32 Å². The molecule has 0 aromatic carbocycles. The van der Waals surface area contributed by atoms with Gasteiger partial charge in [-0.3, -0.25) is 4.79 Å². The second-order valence-corrected chi connectivity index (χ2v) is 5.25. The van der Waals surface area contributed by atoms with Gasteiger partial charge in [-0.25, -0.2) is 0 Å². The normalized spacial score (nSPS) is 14.9. The highest BCUT2D eigenvalue weighted by molar-refractivity contribution is 7.98. The summed E-state index contributed by atoms with van der Waals surface area (Å²) in [5.74, 6) is 1.48. The molecule has 0 aliphatic carbocycles. The molecule has 0 aliphatic rings. The van der Waals surface area contributed by atoms with Crippen LogP contribution in [0.15, 0.2) is 0 Å². The Hall–Kier alpha value is -0.220. The molecular formula is C12H26N2OS. The number of carbonyl (C=O) groups is 1. The maximum absolute atomic E-state index is 11.8. The lowest BCUT2D eigenvalue weighted by atomic mass is 9.95. The van der Waals surface area contributed by atoms with Crippen LogP contribution in [0.5, 0.6) is 0 Å². The van der Waals surface area contributed by atoms with E-state index in [4.69, 9.17) is 5.73 Å². The summed E-state index contributed by atoms with van der Waals surface area (Å²) in [4.78, 5) is 11.8. The molecule has 0 aromatic rings. The van der Waals surface area contributed by atoms with Gasteiger partial charge in [0.15, 0.2) is 0 Å². The SMILES string of the molecule is CCC(CC)C(C)NC(=O)[C@H](N)CCSC. The fourth-order valence-corrected chi connectivity index (χ4v) is 2.31. The van der Waals surface area contributed by atoms with E-state index in [-0.39, 0.29) is 18.0 Å². The highest BCUT2D eigenvalue weighted by atomic mass is 32.2. The number of rotatable bonds is 8. The number of carbonyl (C=O) groups excluding carboxylic acids is 1. The van der Waals surface area contributed by atoms with Crippen LogP contribution in [0.25, 0.3) is 0 Å². The second kappa shape index (κ2) is 8.88. The molecule has 0 saturated carbocycles. The number of nitrogens with one attached hydrogen (secondary N) is 1. The third-order valence-corrected chi connectivity index (χ3v) is 3.74. The number of amides is 1. The monoisotopic (exact) mass is 246 g/mol. The molecule has 3 N–H and O–H groups in total. The van der Waals surface area contributed by atoms with Gasteiger partial charge < -0.3 is 11.1 Å². The van der Waals surface area contributed by atoms with E-state index >= 15 is 0 Å². The first-order valence-corrected chi connectivity index (χ1v) is 7.51. The molecule has 0 spiro atoms. The van der Waals surface area contributed by atoms with E-state index in [1.165, 1.54) is 0 Å². The topological polar surface area (TPSA) is 55.1 Å². The average Bonchev–Trinajstić information content (AvgIpc) is 2.27. The van der Waals surface area contributed by atoms with Gasteiger partial charge in [0, 0.05) is 6.04 Å². The zero-order valence-electron chi connectivity index (χ0n) is 11.0. The summed E-state index contributed by atoms with van der Waals surface area (Å²) in [6.07, 6.45) is 4.97. The molecule has 4 heteroatoms. The quantitative estimate of drug-likeness (QED) is 0.689. The van der Waals surface area contributed by atoms with E-state index in [2.05, 4.69) is 26.1 Å². The number of thioether (sulfide) groups is 1. The summed E-state index contributed by atoms with van der Waals surface area (Å²) < 4.78 is 0. The number of nitrogens with two attached hydrogens (primary N) is 1. The lowest BCUT2D eigenvalue weighted by molar-refractivity contribution is -0.123. The molecule has 0 saturated heterocycles. The molecule has 0 rings (SSSR count). The third-order valence-electron chi connectivity index (χ3n) is 3.10. The van der Waals surface area contributed by atoms with Gasteiger partial charge in [0.2, 0.25) is 5.91 Å². The third kappa shape index (κ3) is 5.75. The summed E-state index contributed by atoms with van der Waals surface area (Å²) in [5.41, 5.74) is 5.81. The fraction of sp³-hybridized carbons (Fsp3) is 0.917. The average molecular weight is 246 g/mol. The van der Waals surface area contributed by atoms with Gasteiger partial charge in [-0.2, -0.15) is 11.8 Å². The van der Waals surface area contributed by atoms with E-state index in [1.807, 2.05) is 6.26 Å². The maximum Gasteiger partial charge on any atom is 0.237 e. The predicted octanol–water partition coefficient (Wildman–Crippen LogP) is 2.01. The maximum atomic E-state index is 11.8. The molecule has 1 amide bonds. The van der Waals surface area contributed by atoms with E-state index in [1.54, 1.807) is 11.8 Å². The van der Waals surface area contributed by atoms with Crippen LogP contribution in [0.1, 0.15) is 40.0 Å². The van der Waals surface area contributed by atoms with Crippen molar-refractivity contribution in [3.8, 4) is 0 Å². The van der Waals surface area contributed by atoms with Crippen LogP contribution in [0.2, 0.25) is 0 Å². The Kier molecular flexibility index (Phi) is 8.76. The number of hydrogen-bond acceptors (Lipinski definition) is 3. The van der Waals surface area contributed by atoms with Crippen molar-refractivity contribution in [3.05, 3.63) is 0 Å². The van der Waals surface area contributed by atoms with Crippen molar-refractivity contribution in [2.24, 2.45) is 11.7 Å². The summed E-state index contributed by atoms with van der Waals surface area (Å²) in [6.45, 7) is 6.38. The first-order valence-electron chi connectivity index (χ1n) is 6.11. The van der Waals surface area contributed by atoms with E-state index < -0.39 is 0 Å². The predicted molar refractivity (Wildman–Crippen MR) is 72.7 cm³/mol. The molecule has 0 aliphatic heterocycles. The van der Waals surface area contributed by atoms with Crippen LogP contribution in [0.3, 0.4) is 0 Å². The van der Waals surface area contributed by atoms with Gasteiger partial charge in [0.05, 0.1) is 6.04 Å². The molecule has 1 unspecified atom stereocenters. The van der Waals surface area contributed by atoms with E-state index in [9.17, 15) is 4.79 Å². The van der Waals surface area contributed by atoms with Crippen LogP contribution >= 0.6 is 11.8 Å². The van der Waals surface area contributed by atoms with Crippen molar-refractivity contribution in [2.45, 2.75) is 52.1 Å². The molecule has 0 heterocycles. The Morgan fingerprint density at radius 3 is 2.38 bits per heavy atom. The summed E-state index contributed by atoms with van der Waals surface area (Å²) in [5, 5.41) is 3.02. The van der Waals surface area contributed by atoms with E-state index in [0.717, 1.165) is 25.0 Å². The lowest BCUT2D eigenvalue weighted by Crippen LogP contribution is -2.46. The Balaban J connectivity index is 4.01. The molecule has 0 aromatic heterocycles. The minimum Gasteiger partial charge on any atom is -0.352 e. The fourth-order valence-electron chi connectivity index (χ4n) is 1.82. The minimum atomic E-state index is -0.357. The molecule has 2 atom stereocenters. The standard InChI is InChI=1S/C12H26N2OS/c1-5-10(6-2)9(3)14-12(15)11(13)7-8-16-4/h9-11H,5-8,13H2,1-4H3,(H,14,15)/t9?,11-/m1/s1. The van der Waals surface area contributed by atoms with Crippen molar-refractivity contribution in [1.29, 1.82) is 0 Å². The zero-order valence-corrected chi connectivity index (χ0v) is 11.8. The van der Waals surface area contributed by atoms with Crippen molar-refractivity contribution in [2.75, 3.05) is 12.0 Å². The van der Waals surface area contributed by atoms with Crippen LogP contribution in [-0.2, 0) is 4.79 Å². The van der Waals surface area contributed by atoms with Gasteiger partial charge in [-0.05, 0) is 31.3 Å². The Morgan fingerprint density at radius 1 is 1.38 bits per heavy atom. The first-order chi connectivity index (χ1) is 7.56. The minimum absolute atomic E-state index is 0.00606. The van der Waals surface area contributed by atoms with Crippen molar-refractivity contribution in [3.63, 3.8) is 0 Å². The van der Waals surface area contributed by atoms with Crippen LogP contribution < -0.4 is 11.1 Å². The molecule has 0 bridgehead atoms. The summed E-state index contributed by atoms with van der Waals surface area (Å²) in [7, 11) is 0. The smallest absolute Gasteiger partial charge is 0.237 e. The van der Waals surface area contributed by atoms with Gasteiger partial charge >= 0.3 is 0 Å². The highest BCUT2D eigenvalue weighted by Gasteiger charge is 2.19. The van der Waals surface area contributed by atoms with Gasteiger partial charge in [0.25, 0.3) is 0 Å². The van der Waals surface area contributed by atoms with E-state index in [0.29, 0.717) is 5.92 Å². The molecule has 16 heavy (non-hydrogen) atoms. The molecule has 3 nitrogen and oxygen atoms in total. The van der Waals surface area contributed by atoms with Gasteiger partial charge in [-0.1, -0.05) is 26.7 Å². The highest BCUT2D eigenvalue weighted by Crippen LogP contribution is 2.12.